The van der Waals surface area contributed by atoms with E-state index in [-0.39, 0.29) is 17.9 Å². The van der Waals surface area contributed by atoms with Gasteiger partial charge in [0.05, 0.1) is 11.6 Å². The van der Waals surface area contributed by atoms with Gasteiger partial charge in [0.15, 0.2) is 0 Å². The SMILES string of the molecule is CC(C)N(C)C(=O)C1CSCN1C(=O)/C=C/c1cn(-c2ccccc2)nc1-c1cccnc1. The Morgan fingerprint density at radius 1 is 1.18 bits per heavy atom. The summed E-state index contributed by atoms with van der Waals surface area (Å²) in [4.78, 5) is 33.5. The van der Waals surface area contributed by atoms with Crippen molar-refractivity contribution in [2.75, 3.05) is 18.7 Å². The molecule has 0 saturated carbocycles. The van der Waals surface area contributed by atoms with Crippen molar-refractivity contribution in [1.82, 2.24) is 24.6 Å². The molecule has 1 saturated heterocycles. The molecule has 1 aliphatic rings. The van der Waals surface area contributed by atoms with Crippen LogP contribution in [0, 0.1) is 0 Å². The molecule has 33 heavy (non-hydrogen) atoms. The van der Waals surface area contributed by atoms with Crippen molar-refractivity contribution in [3.05, 3.63) is 72.7 Å². The van der Waals surface area contributed by atoms with Gasteiger partial charge in [-0.1, -0.05) is 18.2 Å². The van der Waals surface area contributed by atoms with Gasteiger partial charge < -0.3 is 9.80 Å². The summed E-state index contributed by atoms with van der Waals surface area (Å²) in [6, 6.07) is 13.3. The lowest BCUT2D eigenvalue weighted by molar-refractivity contribution is -0.141. The molecule has 1 aromatic carbocycles. The van der Waals surface area contributed by atoms with Crippen molar-refractivity contribution in [2.24, 2.45) is 0 Å². The third-order valence-electron chi connectivity index (χ3n) is 5.68. The van der Waals surface area contributed by atoms with Gasteiger partial charge >= 0.3 is 0 Å². The normalized spacial score (nSPS) is 16.0. The van der Waals surface area contributed by atoms with E-state index in [2.05, 4.69) is 4.98 Å². The van der Waals surface area contributed by atoms with Gasteiger partial charge in [0.25, 0.3) is 0 Å². The van der Waals surface area contributed by atoms with E-state index in [0.29, 0.717) is 11.6 Å². The highest BCUT2D eigenvalue weighted by molar-refractivity contribution is 7.99. The molecule has 4 rings (SSSR count). The fraction of sp³-hybridized carbons (Fsp3) is 0.280. The molecule has 8 heteroatoms. The molecular formula is C25H27N5O2S. The predicted molar refractivity (Wildman–Crippen MR) is 132 cm³/mol. The number of carbonyl (C=O) groups excluding carboxylic acids is 2. The Bertz CT molecular complexity index is 1140. The summed E-state index contributed by atoms with van der Waals surface area (Å²) in [6.07, 6.45) is 8.67. The maximum absolute atomic E-state index is 13.1. The van der Waals surface area contributed by atoms with Crippen LogP contribution in [0.25, 0.3) is 23.0 Å². The molecule has 1 unspecified atom stereocenters. The van der Waals surface area contributed by atoms with E-state index in [1.807, 2.05) is 62.5 Å². The van der Waals surface area contributed by atoms with Gasteiger partial charge in [-0.2, -0.15) is 5.10 Å². The molecular weight excluding hydrogens is 434 g/mol. The van der Waals surface area contributed by atoms with Gasteiger partial charge in [0.2, 0.25) is 11.8 Å². The number of pyridine rings is 1. The zero-order valence-corrected chi connectivity index (χ0v) is 19.8. The van der Waals surface area contributed by atoms with E-state index in [9.17, 15) is 9.59 Å². The average Bonchev–Trinajstić information content (AvgIpc) is 3.50. The van der Waals surface area contributed by atoms with Crippen LogP contribution in [0.15, 0.2) is 67.1 Å². The quantitative estimate of drug-likeness (QED) is 0.524. The van der Waals surface area contributed by atoms with Crippen LogP contribution in [0.3, 0.4) is 0 Å². The standard InChI is InChI=1S/C25H27N5O2S/c1-18(2)28(3)25(32)22-16-33-17-29(22)23(31)12-11-20-15-30(21-9-5-4-6-10-21)27-24(20)19-8-7-13-26-14-19/h4-15,18,22H,16-17H2,1-3H3/b12-11+. The number of carbonyl (C=O) groups is 2. The van der Waals surface area contributed by atoms with Crippen molar-refractivity contribution < 1.29 is 9.59 Å². The van der Waals surface area contributed by atoms with Crippen LogP contribution in [0.1, 0.15) is 19.4 Å². The van der Waals surface area contributed by atoms with E-state index in [4.69, 9.17) is 5.10 Å². The number of aromatic nitrogens is 3. The molecule has 170 valence electrons. The minimum atomic E-state index is -0.440. The van der Waals surface area contributed by atoms with E-state index in [1.54, 1.807) is 51.8 Å². The number of amides is 2. The van der Waals surface area contributed by atoms with Gasteiger partial charge in [-0.25, -0.2) is 4.68 Å². The summed E-state index contributed by atoms with van der Waals surface area (Å²) < 4.78 is 1.79. The molecule has 2 aromatic heterocycles. The van der Waals surface area contributed by atoms with E-state index < -0.39 is 6.04 Å². The third-order valence-corrected chi connectivity index (χ3v) is 6.69. The first-order valence-electron chi connectivity index (χ1n) is 10.8. The van der Waals surface area contributed by atoms with Crippen molar-refractivity contribution in [3.63, 3.8) is 0 Å². The van der Waals surface area contributed by atoms with Crippen molar-refractivity contribution in [2.45, 2.75) is 25.9 Å². The number of hydrogen-bond donors (Lipinski definition) is 0. The maximum Gasteiger partial charge on any atom is 0.247 e. The average molecular weight is 462 g/mol. The molecule has 3 aromatic rings. The first-order chi connectivity index (χ1) is 16.0. The topological polar surface area (TPSA) is 71.3 Å². The lowest BCUT2D eigenvalue weighted by Crippen LogP contribution is -2.49. The summed E-state index contributed by atoms with van der Waals surface area (Å²) in [6.45, 7) is 3.94. The second-order valence-electron chi connectivity index (χ2n) is 8.15. The van der Waals surface area contributed by atoms with Crippen LogP contribution in [0.4, 0.5) is 0 Å². The molecule has 0 aliphatic carbocycles. The van der Waals surface area contributed by atoms with Gasteiger partial charge in [0, 0.05) is 54.6 Å². The molecule has 1 aliphatic heterocycles. The fourth-order valence-electron chi connectivity index (χ4n) is 3.56. The summed E-state index contributed by atoms with van der Waals surface area (Å²) in [5.74, 6) is 0.914. The van der Waals surface area contributed by atoms with E-state index >= 15 is 0 Å². The Labute approximate surface area is 198 Å². The van der Waals surface area contributed by atoms with Gasteiger partial charge in [-0.3, -0.25) is 14.6 Å². The largest absolute Gasteiger partial charge is 0.342 e. The molecule has 2 amide bonds. The van der Waals surface area contributed by atoms with Crippen LogP contribution < -0.4 is 0 Å². The number of benzene rings is 1. The smallest absolute Gasteiger partial charge is 0.247 e. The van der Waals surface area contributed by atoms with Crippen molar-refractivity contribution in [3.8, 4) is 16.9 Å². The van der Waals surface area contributed by atoms with Gasteiger partial charge in [-0.15, -0.1) is 11.8 Å². The highest BCUT2D eigenvalue weighted by atomic mass is 32.2. The zero-order valence-electron chi connectivity index (χ0n) is 19.0. The number of rotatable bonds is 6. The summed E-state index contributed by atoms with van der Waals surface area (Å²) >= 11 is 1.60. The lowest BCUT2D eigenvalue weighted by Gasteiger charge is -2.29. The van der Waals surface area contributed by atoms with Crippen LogP contribution in [-0.2, 0) is 9.59 Å². The second kappa shape index (κ2) is 10.0. The second-order valence-corrected chi connectivity index (χ2v) is 9.15. The van der Waals surface area contributed by atoms with E-state index in [0.717, 1.165) is 22.5 Å². The molecule has 0 radical (unpaired) electrons. The molecule has 1 atom stereocenters. The molecule has 0 bridgehead atoms. The first-order valence-corrected chi connectivity index (χ1v) is 12.0. The number of likely N-dealkylation sites (N-methyl/N-ethyl adjacent to an activating group) is 1. The Kier molecular flexibility index (Phi) is 6.93. The highest BCUT2D eigenvalue weighted by Gasteiger charge is 2.35. The fourth-order valence-corrected chi connectivity index (χ4v) is 4.72. The van der Waals surface area contributed by atoms with Crippen LogP contribution >= 0.6 is 11.8 Å². The summed E-state index contributed by atoms with van der Waals surface area (Å²) in [5, 5.41) is 4.75. The molecule has 1 fully saturated rings. The number of nitrogens with zero attached hydrogens (tertiary/aromatic N) is 5. The van der Waals surface area contributed by atoms with Gasteiger partial charge in [0.1, 0.15) is 11.7 Å². The monoisotopic (exact) mass is 461 g/mol. The molecule has 3 heterocycles. The Morgan fingerprint density at radius 3 is 2.67 bits per heavy atom. The Hall–Kier alpha value is -3.39. The first kappa shape index (κ1) is 22.8. The number of thioether (sulfide) groups is 1. The summed E-state index contributed by atoms with van der Waals surface area (Å²) in [5.41, 5.74) is 3.32. The van der Waals surface area contributed by atoms with Gasteiger partial charge in [-0.05, 0) is 44.2 Å². The maximum atomic E-state index is 13.1. The molecule has 0 N–H and O–H groups in total. The number of hydrogen-bond acceptors (Lipinski definition) is 5. The Balaban J connectivity index is 1.61. The Morgan fingerprint density at radius 2 is 1.97 bits per heavy atom. The zero-order chi connectivity index (χ0) is 23.4. The van der Waals surface area contributed by atoms with Crippen LogP contribution in [0.5, 0.6) is 0 Å². The molecule has 7 nitrogen and oxygen atoms in total. The number of para-hydroxylation sites is 1. The summed E-state index contributed by atoms with van der Waals surface area (Å²) in [7, 11) is 1.78. The molecule has 0 spiro atoms. The minimum Gasteiger partial charge on any atom is -0.342 e. The predicted octanol–water partition coefficient (Wildman–Crippen LogP) is 3.72. The highest BCUT2D eigenvalue weighted by Crippen LogP contribution is 2.26. The lowest BCUT2D eigenvalue weighted by atomic mass is 10.1. The van der Waals surface area contributed by atoms with Crippen molar-refractivity contribution in [1.29, 1.82) is 0 Å². The third kappa shape index (κ3) is 5.01. The van der Waals surface area contributed by atoms with E-state index in [1.165, 1.54) is 6.08 Å². The van der Waals surface area contributed by atoms with Crippen molar-refractivity contribution >= 4 is 29.7 Å². The van der Waals surface area contributed by atoms with Crippen LogP contribution in [0.2, 0.25) is 0 Å². The minimum absolute atomic E-state index is 0.0234. The van der Waals surface area contributed by atoms with Crippen LogP contribution in [-0.4, -0.2) is 67.1 Å².